The number of aryl methyl sites for hydroxylation is 1. The van der Waals surface area contributed by atoms with Crippen LogP contribution in [0, 0.1) is 0 Å². The van der Waals surface area contributed by atoms with Crippen molar-refractivity contribution in [3.8, 4) is 0 Å². The van der Waals surface area contributed by atoms with Gasteiger partial charge in [-0.2, -0.15) is 0 Å². The van der Waals surface area contributed by atoms with Crippen molar-refractivity contribution in [1.82, 2.24) is 15.0 Å². The third kappa shape index (κ3) is 2.93. The number of rotatable bonds is 6. The molecule has 0 spiro atoms. The number of unbranched alkanes of at least 4 members (excludes halogenated alkanes) is 1. The summed E-state index contributed by atoms with van der Waals surface area (Å²) in [5.41, 5.74) is 5.19. The molecule has 0 aromatic carbocycles. The summed E-state index contributed by atoms with van der Waals surface area (Å²) < 4.78 is 26.4. The molecule has 0 fully saturated rings. The molecule has 0 saturated carbocycles. The molecule has 5 nitrogen and oxygen atoms in total. The topological polar surface area (TPSA) is 77.0 Å². The van der Waals surface area contributed by atoms with E-state index in [1.807, 2.05) is 0 Å². The Morgan fingerprint density at radius 1 is 1.40 bits per heavy atom. The van der Waals surface area contributed by atoms with E-state index in [4.69, 9.17) is 10.8 Å². The van der Waals surface area contributed by atoms with Gasteiger partial charge in [0.05, 0.1) is 0 Å². The lowest BCUT2D eigenvalue weighted by atomic mass is 10.3. The van der Waals surface area contributed by atoms with Crippen molar-refractivity contribution in [2.24, 2.45) is 5.73 Å². The molecule has 0 bridgehead atoms. The zero-order valence-corrected chi connectivity index (χ0v) is 8.24. The van der Waals surface area contributed by atoms with Crippen molar-refractivity contribution in [3.63, 3.8) is 0 Å². The standard InChI is InChI=1S/C8H14F2N4O/c9-8(10)7-6(5-11)12-13-14(7)3-1-2-4-15/h8,15H,1-5,11H2. The van der Waals surface area contributed by atoms with E-state index in [0.29, 0.717) is 19.4 Å². The Bertz CT molecular complexity index is 303. The van der Waals surface area contributed by atoms with Crippen LogP contribution in [-0.2, 0) is 13.1 Å². The van der Waals surface area contributed by atoms with Crippen LogP contribution in [0.15, 0.2) is 0 Å². The Balaban J connectivity index is 2.73. The molecule has 1 heterocycles. The van der Waals surface area contributed by atoms with E-state index >= 15 is 0 Å². The van der Waals surface area contributed by atoms with Gasteiger partial charge in [0.15, 0.2) is 0 Å². The molecule has 0 atom stereocenters. The minimum Gasteiger partial charge on any atom is -0.396 e. The van der Waals surface area contributed by atoms with Crippen molar-refractivity contribution in [2.45, 2.75) is 32.4 Å². The molecule has 0 aliphatic heterocycles. The highest BCUT2D eigenvalue weighted by Gasteiger charge is 2.20. The lowest BCUT2D eigenvalue weighted by molar-refractivity contribution is 0.137. The molecule has 0 amide bonds. The first kappa shape index (κ1) is 12.0. The number of nitrogens with zero attached hydrogens (tertiary/aromatic N) is 3. The van der Waals surface area contributed by atoms with Gasteiger partial charge in [-0.1, -0.05) is 5.21 Å². The molecule has 1 aromatic rings. The molecule has 0 unspecified atom stereocenters. The number of nitrogens with two attached hydrogens (primary N) is 1. The number of alkyl halides is 2. The highest BCUT2D eigenvalue weighted by atomic mass is 19.3. The Morgan fingerprint density at radius 2 is 2.13 bits per heavy atom. The maximum Gasteiger partial charge on any atom is 0.281 e. The Hall–Kier alpha value is -1.08. The number of hydrogen-bond acceptors (Lipinski definition) is 4. The first-order valence-corrected chi connectivity index (χ1v) is 4.72. The van der Waals surface area contributed by atoms with E-state index < -0.39 is 6.43 Å². The van der Waals surface area contributed by atoms with Gasteiger partial charge in [-0.25, -0.2) is 13.5 Å². The maximum absolute atomic E-state index is 12.6. The Kier molecular flexibility index (Phi) is 4.57. The summed E-state index contributed by atoms with van der Waals surface area (Å²) in [5, 5.41) is 15.7. The van der Waals surface area contributed by atoms with Gasteiger partial charge in [0.1, 0.15) is 11.4 Å². The van der Waals surface area contributed by atoms with Crippen LogP contribution in [0.25, 0.3) is 0 Å². The molecule has 86 valence electrons. The van der Waals surface area contributed by atoms with Gasteiger partial charge < -0.3 is 10.8 Å². The molecule has 1 aromatic heterocycles. The summed E-state index contributed by atoms with van der Waals surface area (Å²) in [5.74, 6) is 0. The second kappa shape index (κ2) is 5.72. The second-order valence-electron chi connectivity index (χ2n) is 3.08. The highest BCUT2D eigenvalue weighted by molar-refractivity contribution is 5.11. The summed E-state index contributed by atoms with van der Waals surface area (Å²) in [6, 6.07) is 0. The predicted molar refractivity (Wildman–Crippen MR) is 49.2 cm³/mol. The number of aliphatic hydroxyl groups excluding tert-OH is 1. The van der Waals surface area contributed by atoms with Crippen molar-refractivity contribution in [1.29, 1.82) is 0 Å². The summed E-state index contributed by atoms with van der Waals surface area (Å²) >= 11 is 0. The van der Waals surface area contributed by atoms with Crippen LogP contribution in [0.4, 0.5) is 8.78 Å². The van der Waals surface area contributed by atoms with Gasteiger partial charge in [0.2, 0.25) is 0 Å². The second-order valence-corrected chi connectivity index (χ2v) is 3.08. The van der Waals surface area contributed by atoms with Crippen molar-refractivity contribution in [2.75, 3.05) is 6.61 Å². The monoisotopic (exact) mass is 220 g/mol. The summed E-state index contributed by atoms with van der Waals surface area (Å²) in [6.07, 6.45) is -1.47. The van der Waals surface area contributed by atoms with Crippen molar-refractivity contribution >= 4 is 0 Å². The average molecular weight is 220 g/mol. The molecule has 0 aliphatic rings. The fraction of sp³-hybridized carbons (Fsp3) is 0.750. The summed E-state index contributed by atoms with van der Waals surface area (Å²) in [4.78, 5) is 0. The van der Waals surface area contributed by atoms with Gasteiger partial charge >= 0.3 is 0 Å². The predicted octanol–water partition coefficient (Wildman–Crippen LogP) is 0.447. The molecule has 0 aliphatic carbocycles. The number of halogens is 2. The van der Waals surface area contributed by atoms with E-state index in [2.05, 4.69) is 10.3 Å². The minimum absolute atomic E-state index is 0.0420. The summed E-state index contributed by atoms with van der Waals surface area (Å²) in [7, 11) is 0. The van der Waals surface area contributed by atoms with Crippen molar-refractivity contribution in [3.05, 3.63) is 11.4 Å². The smallest absolute Gasteiger partial charge is 0.281 e. The average Bonchev–Trinajstić information content (AvgIpc) is 2.61. The van der Waals surface area contributed by atoms with Crippen LogP contribution < -0.4 is 5.73 Å². The van der Waals surface area contributed by atoms with Crippen LogP contribution >= 0.6 is 0 Å². The fourth-order valence-electron chi connectivity index (χ4n) is 1.28. The van der Waals surface area contributed by atoms with E-state index in [-0.39, 0.29) is 24.5 Å². The molecule has 1 rings (SSSR count). The Labute approximate surface area is 85.9 Å². The maximum atomic E-state index is 12.6. The number of hydrogen-bond donors (Lipinski definition) is 2. The van der Waals surface area contributed by atoms with Crippen LogP contribution in [-0.4, -0.2) is 26.7 Å². The lowest BCUT2D eigenvalue weighted by Gasteiger charge is -2.05. The van der Waals surface area contributed by atoms with Gasteiger partial charge in [0.25, 0.3) is 6.43 Å². The Morgan fingerprint density at radius 3 is 2.67 bits per heavy atom. The van der Waals surface area contributed by atoms with E-state index in [9.17, 15) is 8.78 Å². The zero-order chi connectivity index (χ0) is 11.3. The largest absolute Gasteiger partial charge is 0.396 e. The SMILES string of the molecule is NCc1nnn(CCCCO)c1C(F)F. The lowest BCUT2D eigenvalue weighted by Crippen LogP contribution is -2.09. The number of aromatic nitrogens is 3. The normalized spacial score (nSPS) is 11.3. The van der Waals surface area contributed by atoms with Crippen LogP contribution in [0.1, 0.15) is 30.7 Å². The first-order valence-electron chi connectivity index (χ1n) is 4.72. The molecule has 0 saturated heterocycles. The molecule has 0 radical (unpaired) electrons. The van der Waals surface area contributed by atoms with Crippen LogP contribution in [0.2, 0.25) is 0 Å². The van der Waals surface area contributed by atoms with Gasteiger partial charge in [0, 0.05) is 19.7 Å². The highest BCUT2D eigenvalue weighted by Crippen LogP contribution is 2.21. The molecule has 3 N–H and O–H groups in total. The number of aliphatic hydroxyl groups is 1. The fourth-order valence-corrected chi connectivity index (χ4v) is 1.28. The molecule has 7 heteroatoms. The van der Waals surface area contributed by atoms with Gasteiger partial charge in [-0.15, -0.1) is 5.10 Å². The van der Waals surface area contributed by atoms with Gasteiger partial charge in [-0.05, 0) is 12.8 Å². The molecular formula is C8H14F2N4O. The third-order valence-electron chi connectivity index (χ3n) is 2.03. The molecular weight excluding hydrogens is 206 g/mol. The van der Waals surface area contributed by atoms with E-state index in [1.165, 1.54) is 0 Å². The van der Waals surface area contributed by atoms with Crippen molar-refractivity contribution < 1.29 is 13.9 Å². The quantitative estimate of drug-likeness (QED) is 0.682. The minimum atomic E-state index is -2.62. The summed E-state index contributed by atoms with van der Waals surface area (Å²) in [6.45, 7) is 0.329. The van der Waals surface area contributed by atoms with E-state index in [1.54, 1.807) is 0 Å². The van der Waals surface area contributed by atoms with E-state index in [0.717, 1.165) is 4.68 Å². The molecule has 15 heavy (non-hydrogen) atoms. The van der Waals surface area contributed by atoms with Crippen LogP contribution in [0.3, 0.4) is 0 Å². The van der Waals surface area contributed by atoms with Gasteiger partial charge in [-0.3, -0.25) is 0 Å². The first-order chi connectivity index (χ1) is 7.20. The van der Waals surface area contributed by atoms with Crippen LogP contribution in [0.5, 0.6) is 0 Å². The third-order valence-corrected chi connectivity index (χ3v) is 2.03. The zero-order valence-electron chi connectivity index (χ0n) is 8.24.